The maximum absolute atomic E-state index is 13.0. The van der Waals surface area contributed by atoms with Crippen LogP contribution in [0, 0.1) is 11.8 Å². The van der Waals surface area contributed by atoms with Crippen LogP contribution in [0.1, 0.15) is 80.9 Å². The second-order valence-electron chi connectivity index (χ2n) is 10.6. The number of carbonyl (C=O) groups is 4. The first-order chi connectivity index (χ1) is 18.2. The highest BCUT2D eigenvalue weighted by Crippen LogP contribution is 2.27. The van der Waals surface area contributed by atoms with E-state index in [1.165, 1.54) is 13.2 Å². The fourth-order valence-corrected chi connectivity index (χ4v) is 3.32. The highest BCUT2D eigenvalue weighted by atomic mass is 16.7. The Kier molecular flexibility index (Phi) is 11.1. The number of pyridine rings is 1. The second kappa shape index (κ2) is 13.8. The van der Waals surface area contributed by atoms with Crippen LogP contribution in [0.2, 0.25) is 0 Å². The van der Waals surface area contributed by atoms with Gasteiger partial charge in [0.25, 0.3) is 5.91 Å². The summed E-state index contributed by atoms with van der Waals surface area (Å²) in [4.78, 5) is 54.6. The van der Waals surface area contributed by atoms with Crippen LogP contribution >= 0.6 is 0 Å². The fraction of sp³-hybridized carbons (Fsp3) is 0.536. The third-order valence-corrected chi connectivity index (χ3v) is 5.62. The van der Waals surface area contributed by atoms with Gasteiger partial charge in [-0.05, 0) is 76.2 Å². The number of aromatic nitrogens is 1. The number of carbonyl (C=O) groups excluding carboxylic acids is 4. The highest BCUT2D eigenvalue weighted by molar-refractivity contribution is 5.97. The third kappa shape index (κ3) is 10.4. The van der Waals surface area contributed by atoms with Gasteiger partial charge in [-0.3, -0.25) is 4.79 Å². The summed E-state index contributed by atoms with van der Waals surface area (Å²) in [6.45, 7) is 13.8. The zero-order valence-corrected chi connectivity index (χ0v) is 23.7. The first-order valence-electron chi connectivity index (χ1n) is 12.8. The maximum Gasteiger partial charge on any atom is 0.408 e. The molecule has 0 aromatic carbocycles. The van der Waals surface area contributed by atoms with E-state index in [1.54, 1.807) is 53.7 Å². The van der Waals surface area contributed by atoms with Gasteiger partial charge < -0.3 is 29.6 Å². The van der Waals surface area contributed by atoms with Crippen molar-refractivity contribution in [1.82, 2.24) is 15.6 Å². The number of amides is 2. The molecule has 39 heavy (non-hydrogen) atoms. The van der Waals surface area contributed by atoms with E-state index < -0.39 is 42.4 Å². The highest BCUT2D eigenvalue weighted by Gasteiger charge is 2.29. The first kappa shape index (κ1) is 31.3. The maximum atomic E-state index is 13.0. The minimum Gasteiger partial charge on any atom is -0.497 e. The number of ether oxygens (including phenoxy) is 4. The van der Waals surface area contributed by atoms with E-state index in [0.29, 0.717) is 29.4 Å². The Labute approximate surface area is 229 Å². The molecule has 0 bridgehead atoms. The molecule has 0 radical (unpaired) electrons. The molecule has 2 rings (SSSR count). The van der Waals surface area contributed by atoms with E-state index in [2.05, 4.69) is 22.2 Å². The predicted octanol–water partition coefficient (Wildman–Crippen LogP) is 3.99. The Morgan fingerprint density at radius 3 is 2.38 bits per heavy atom. The zero-order chi connectivity index (χ0) is 29.3. The number of methoxy groups -OCH3 is 1. The summed E-state index contributed by atoms with van der Waals surface area (Å²) < 4.78 is 20.6. The topological polar surface area (TPSA) is 142 Å². The van der Waals surface area contributed by atoms with E-state index in [4.69, 9.17) is 18.9 Å². The summed E-state index contributed by atoms with van der Waals surface area (Å²) in [5, 5.41) is 5.29. The SMILES string of the molecule is C=C(/C=C(\C)c1ccc(C(=O)NCC2CC2)nc1C(=O)OCOC(=O)[C@@H](NC(=O)OC(C)(C)C)C(C)C)OC. The van der Waals surface area contributed by atoms with Crippen LogP contribution in [0.25, 0.3) is 5.57 Å². The molecule has 11 nitrogen and oxygen atoms in total. The van der Waals surface area contributed by atoms with E-state index in [9.17, 15) is 19.2 Å². The largest absolute Gasteiger partial charge is 0.497 e. The lowest BCUT2D eigenvalue weighted by atomic mass is 10.0. The first-order valence-corrected chi connectivity index (χ1v) is 12.8. The molecule has 2 N–H and O–H groups in total. The van der Waals surface area contributed by atoms with Gasteiger partial charge in [0.1, 0.15) is 23.1 Å². The number of esters is 2. The third-order valence-electron chi connectivity index (χ3n) is 5.62. The predicted molar refractivity (Wildman–Crippen MR) is 143 cm³/mol. The summed E-state index contributed by atoms with van der Waals surface area (Å²) in [5.74, 6) is -1.64. The minimum absolute atomic E-state index is 0.0446. The quantitative estimate of drug-likeness (QED) is 0.172. The summed E-state index contributed by atoms with van der Waals surface area (Å²) in [5.41, 5.74) is 0.124. The molecular weight excluding hydrogens is 506 g/mol. The van der Waals surface area contributed by atoms with Crippen LogP contribution in [0.4, 0.5) is 4.79 Å². The van der Waals surface area contributed by atoms with Gasteiger partial charge in [-0.2, -0.15) is 0 Å². The van der Waals surface area contributed by atoms with Crippen molar-refractivity contribution >= 4 is 29.5 Å². The fourth-order valence-electron chi connectivity index (χ4n) is 3.32. The number of nitrogens with one attached hydrogen (secondary N) is 2. The molecule has 1 aromatic rings. The average Bonchev–Trinajstić information content (AvgIpc) is 3.68. The molecule has 0 unspecified atom stereocenters. The average molecular weight is 546 g/mol. The van der Waals surface area contributed by atoms with Gasteiger partial charge in [0, 0.05) is 12.1 Å². The Morgan fingerprint density at radius 1 is 1.15 bits per heavy atom. The Morgan fingerprint density at radius 2 is 1.82 bits per heavy atom. The number of hydrogen-bond acceptors (Lipinski definition) is 9. The molecule has 214 valence electrons. The number of nitrogens with zero attached hydrogens (tertiary/aromatic N) is 1. The minimum atomic E-state index is -1.03. The Hall–Kier alpha value is -3.89. The van der Waals surface area contributed by atoms with Gasteiger partial charge in [0.2, 0.25) is 6.79 Å². The molecule has 0 aliphatic heterocycles. The standard InChI is InChI=1S/C28H39N3O8/c1-16(2)22(31-27(35)39-28(5,6)7)25(33)37-15-38-26(34)23-20(17(3)13-18(4)36-8)11-12-21(30-23)24(32)29-14-19-9-10-19/h11-13,16,19,22H,4,9-10,14-15H2,1-3,5-8H3,(H,29,32)(H,31,35)/b17-13+/t22-/m0/s1. The smallest absolute Gasteiger partial charge is 0.408 e. The molecule has 1 aliphatic rings. The Bertz CT molecular complexity index is 1120. The number of allylic oxidation sites excluding steroid dienone is 2. The summed E-state index contributed by atoms with van der Waals surface area (Å²) in [6, 6.07) is 2.06. The molecule has 2 amide bonds. The molecule has 1 atom stereocenters. The molecule has 0 saturated heterocycles. The lowest BCUT2D eigenvalue weighted by molar-refractivity contribution is -0.156. The van der Waals surface area contributed by atoms with Gasteiger partial charge in [0.15, 0.2) is 5.69 Å². The van der Waals surface area contributed by atoms with Crippen molar-refractivity contribution in [2.45, 2.75) is 66.0 Å². The van der Waals surface area contributed by atoms with E-state index in [-0.39, 0.29) is 17.3 Å². The molecule has 1 aromatic heterocycles. The van der Waals surface area contributed by atoms with E-state index in [1.807, 2.05) is 0 Å². The lowest BCUT2D eigenvalue weighted by Gasteiger charge is -2.24. The van der Waals surface area contributed by atoms with Crippen LogP contribution < -0.4 is 10.6 Å². The van der Waals surface area contributed by atoms with Crippen LogP contribution in [-0.4, -0.2) is 61.0 Å². The molecular formula is C28H39N3O8. The van der Waals surface area contributed by atoms with Crippen LogP contribution in [0.15, 0.2) is 30.5 Å². The van der Waals surface area contributed by atoms with Crippen molar-refractivity contribution in [3.8, 4) is 0 Å². The van der Waals surface area contributed by atoms with Crippen molar-refractivity contribution in [2.75, 3.05) is 20.4 Å². The van der Waals surface area contributed by atoms with Gasteiger partial charge in [-0.25, -0.2) is 19.4 Å². The summed E-state index contributed by atoms with van der Waals surface area (Å²) in [7, 11) is 1.46. The molecule has 1 fully saturated rings. The van der Waals surface area contributed by atoms with Crippen molar-refractivity contribution in [2.24, 2.45) is 11.8 Å². The normalized spacial score (nSPS) is 14.2. The van der Waals surface area contributed by atoms with Crippen LogP contribution in [-0.2, 0) is 23.7 Å². The summed E-state index contributed by atoms with van der Waals surface area (Å²) in [6.07, 6.45) is 2.97. The molecule has 0 spiro atoms. The van der Waals surface area contributed by atoms with Crippen molar-refractivity contribution in [3.63, 3.8) is 0 Å². The van der Waals surface area contributed by atoms with Crippen LogP contribution in [0.3, 0.4) is 0 Å². The van der Waals surface area contributed by atoms with E-state index in [0.717, 1.165) is 12.8 Å². The molecule has 1 saturated carbocycles. The second-order valence-corrected chi connectivity index (χ2v) is 10.6. The number of rotatable bonds is 12. The zero-order valence-electron chi connectivity index (χ0n) is 23.7. The van der Waals surface area contributed by atoms with E-state index >= 15 is 0 Å². The van der Waals surface area contributed by atoms with Gasteiger partial charge >= 0.3 is 18.0 Å². The van der Waals surface area contributed by atoms with Crippen molar-refractivity contribution in [3.05, 3.63) is 47.5 Å². The molecule has 1 aliphatic carbocycles. The number of alkyl carbamates (subject to hydrolysis) is 1. The van der Waals surface area contributed by atoms with Gasteiger partial charge in [-0.1, -0.05) is 20.4 Å². The summed E-state index contributed by atoms with van der Waals surface area (Å²) >= 11 is 0. The molecule has 11 heteroatoms. The monoisotopic (exact) mass is 545 g/mol. The van der Waals surface area contributed by atoms with Crippen LogP contribution in [0.5, 0.6) is 0 Å². The van der Waals surface area contributed by atoms with Gasteiger partial charge in [0.05, 0.1) is 7.11 Å². The lowest BCUT2D eigenvalue weighted by Crippen LogP contribution is -2.47. The van der Waals surface area contributed by atoms with Crippen molar-refractivity contribution in [1.29, 1.82) is 0 Å². The van der Waals surface area contributed by atoms with Gasteiger partial charge in [-0.15, -0.1) is 0 Å². The molecule has 1 heterocycles. The number of hydrogen-bond donors (Lipinski definition) is 2. The van der Waals surface area contributed by atoms with Crippen molar-refractivity contribution < 1.29 is 38.1 Å². The Balaban J connectivity index is 2.14.